The summed E-state index contributed by atoms with van der Waals surface area (Å²) in [6, 6.07) is 5.54. The van der Waals surface area contributed by atoms with Gasteiger partial charge in [0.2, 0.25) is 18.6 Å². The third kappa shape index (κ3) is 2.63. The molecule has 2 heterocycles. The van der Waals surface area contributed by atoms with Crippen LogP contribution >= 0.6 is 0 Å². The van der Waals surface area contributed by atoms with E-state index in [9.17, 15) is 4.79 Å². The molecule has 0 unspecified atom stereocenters. The molecule has 1 amide bonds. The lowest BCUT2D eigenvalue weighted by Gasteiger charge is -2.06. The van der Waals surface area contributed by atoms with Crippen molar-refractivity contribution < 1.29 is 14.3 Å². The minimum absolute atomic E-state index is 0.0781. The molecule has 1 aromatic carbocycles. The number of carbonyl (C=O) groups is 1. The summed E-state index contributed by atoms with van der Waals surface area (Å²) >= 11 is 0. The first-order valence-electron chi connectivity index (χ1n) is 6.01. The van der Waals surface area contributed by atoms with Crippen LogP contribution in [0.3, 0.4) is 0 Å². The maximum Gasteiger partial charge on any atom is 0.242 e. The molecule has 0 fully saturated rings. The van der Waals surface area contributed by atoms with Gasteiger partial charge in [-0.25, -0.2) is 9.67 Å². The molecule has 3 N–H and O–H groups in total. The van der Waals surface area contributed by atoms with Crippen molar-refractivity contribution in [1.82, 2.24) is 20.1 Å². The highest BCUT2D eigenvalue weighted by atomic mass is 16.7. The highest BCUT2D eigenvalue weighted by Crippen LogP contribution is 2.32. The second kappa shape index (κ2) is 5.08. The Morgan fingerprint density at radius 3 is 3.05 bits per heavy atom. The number of hydrogen-bond acceptors (Lipinski definition) is 6. The van der Waals surface area contributed by atoms with Crippen LogP contribution in [-0.2, 0) is 17.9 Å². The number of fused-ring (bicyclic) bond motifs is 1. The first-order chi connectivity index (χ1) is 9.70. The predicted octanol–water partition coefficient (Wildman–Crippen LogP) is -0.0946. The van der Waals surface area contributed by atoms with Crippen LogP contribution in [0.1, 0.15) is 5.56 Å². The Morgan fingerprint density at radius 2 is 2.25 bits per heavy atom. The predicted molar refractivity (Wildman–Crippen MR) is 68.8 cm³/mol. The van der Waals surface area contributed by atoms with E-state index in [-0.39, 0.29) is 25.2 Å². The van der Waals surface area contributed by atoms with Crippen LogP contribution in [0.15, 0.2) is 24.5 Å². The lowest BCUT2D eigenvalue weighted by Crippen LogP contribution is -2.27. The Labute approximate surface area is 114 Å². The van der Waals surface area contributed by atoms with Crippen LogP contribution < -0.4 is 20.5 Å². The molecule has 0 radical (unpaired) electrons. The lowest BCUT2D eigenvalue weighted by molar-refractivity contribution is -0.122. The quantitative estimate of drug-likeness (QED) is 0.807. The van der Waals surface area contributed by atoms with E-state index in [0.29, 0.717) is 12.3 Å². The van der Waals surface area contributed by atoms with E-state index in [1.54, 1.807) is 0 Å². The Kier molecular flexibility index (Phi) is 3.12. The topological polar surface area (TPSA) is 104 Å². The number of carbonyl (C=O) groups excluding carboxylic acids is 1. The highest BCUT2D eigenvalue weighted by Gasteiger charge is 2.13. The van der Waals surface area contributed by atoms with Gasteiger partial charge in [-0.1, -0.05) is 6.07 Å². The van der Waals surface area contributed by atoms with Gasteiger partial charge in [-0.15, -0.1) is 5.10 Å². The molecule has 0 spiro atoms. The molecule has 0 saturated heterocycles. The minimum Gasteiger partial charge on any atom is -0.454 e. The summed E-state index contributed by atoms with van der Waals surface area (Å²) in [5, 5.41) is 6.62. The van der Waals surface area contributed by atoms with E-state index in [1.165, 1.54) is 11.0 Å². The molecular weight excluding hydrogens is 262 g/mol. The van der Waals surface area contributed by atoms with Gasteiger partial charge < -0.3 is 20.5 Å². The van der Waals surface area contributed by atoms with Gasteiger partial charge in [-0.05, 0) is 17.7 Å². The van der Waals surface area contributed by atoms with E-state index < -0.39 is 0 Å². The van der Waals surface area contributed by atoms with Gasteiger partial charge in [0, 0.05) is 6.54 Å². The normalized spacial score (nSPS) is 12.4. The molecule has 0 bridgehead atoms. The number of ether oxygens (including phenoxy) is 2. The van der Waals surface area contributed by atoms with Crippen LogP contribution in [-0.4, -0.2) is 27.5 Å². The summed E-state index contributed by atoms with van der Waals surface area (Å²) in [6.07, 6.45) is 1.41. The summed E-state index contributed by atoms with van der Waals surface area (Å²) < 4.78 is 11.9. The van der Waals surface area contributed by atoms with Crippen molar-refractivity contribution in [3.63, 3.8) is 0 Å². The van der Waals surface area contributed by atoms with Crippen LogP contribution in [0.2, 0.25) is 0 Å². The summed E-state index contributed by atoms with van der Waals surface area (Å²) in [6.45, 7) is 0.716. The molecule has 2 aromatic rings. The number of nitrogens with two attached hydrogens (primary N) is 1. The minimum atomic E-state index is -0.174. The Bertz CT molecular complexity index is 640. The van der Waals surface area contributed by atoms with Gasteiger partial charge in [-0.2, -0.15) is 0 Å². The van der Waals surface area contributed by atoms with Crippen LogP contribution in [0.4, 0.5) is 5.95 Å². The third-order valence-electron chi connectivity index (χ3n) is 2.79. The fraction of sp³-hybridized carbons (Fsp3) is 0.250. The molecule has 1 aliphatic rings. The summed E-state index contributed by atoms with van der Waals surface area (Å²) in [4.78, 5) is 15.5. The molecule has 20 heavy (non-hydrogen) atoms. The molecule has 8 heteroatoms. The Hall–Kier alpha value is -2.77. The smallest absolute Gasteiger partial charge is 0.242 e. The van der Waals surface area contributed by atoms with Crippen molar-refractivity contribution in [2.45, 2.75) is 13.1 Å². The number of benzene rings is 1. The second-order valence-corrected chi connectivity index (χ2v) is 4.26. The van der Waals surface area contributed by atoms with Gasteiger partial charge >= 0.3 is 0 Å². The molecule has 0 aliphatic carbocycles. The fourth-order valence-corrected chi connectivity index (χ4v) is 1.84. The van der Waals surface area contributed by atoms with E-state index in [4.69, 9.17) is 15.2 Å². The second-order valence-electron chi connectivity index (χ2n) is 4.26. The number of amides is 1. The number of aromatic nitrogens is 3. The Balaban J connectivity index is 1.55. The van der Waals surface area contributed by atoms with Crippen molar-refractivity contribution in [1.29, 1.82) is 0 Å². The van der Waals surface area contributed by atoms with E-state index >= 15 is 0 Å². The van der Waals surface area contributed by atoms with Crippen LogP contribution in [0.5, 0.6) is 11.5 Å². The number of anilines is 1. The van der Waals surface area contributed by atoms with E-state index in [0.717, 1.165) is 11.3 Å². The van der Waals surface area contributed by atoms with Crippen molar-refractivity contribution in [3.8, 4) is 11.5 Å². The highest BCUT2D eigenvalue weighted by molar-refractivity contribution is 5.75. The maximum atomic E-state index is 11.7. The zero-order chi connectivity index (χ0) is 13.9. The van der Waals surface area contributed by atoms with Gasteiger partial charge in [0.15, 0.2) is 11.5 Å². The van der Waals surface area contributed by atoms with Crippen LogP contribution in [0, 0.1) is 0 Å². The largest absolute Gasteiger partial charge is 0.454 e. The monoisotopic (exact) mass is 275 g/mol. The lowest BCUT2D eigenvalue weighted by atomic mass is 10.2. The average molecular weight is 275 g/mol. The molecule has 1 aliphatic heterocycles. The first kappa shape index (κ1) is 12.3. The van der Waals surface area contributed by atoms with Crippen molar-refractivity contribution in [2.75, 3.05) is 12.5 Å². The summed E-state index contributed by atoms with van der Waals surface area (Å²) in [7, 11) is 0. The molecule has 104 valence electrons. The van der Waals surface area contributed by atoms with Crippen molar-refractivity contribution in [3.05, 3.63) is 30.1 Å². The van der Waals surface area contributed by atoms with Gasteiger partial charge in [0.25, 0.3) is 0 Å². The summed E-state index contributed by atoms with van der Waals surface area (Å²) in [5.74, 6) is 1.39. The average Bonchev–Trinajstić information content (AvgIpc) is 3.04. The number of nitrogens with one attached hydrogen (secondary N) is 1. The third-order valence-corrected chi connectivity index (χ3v) is 2.79. The SMILES string of the molecule is Nc1ncn(CC(=O)NCc2ccc3c(c2)OCO3)n1. The van der Waals surface area contributed by atoms with Crippen LogP contribution in [0.25, 0.3) is 0 Å². The number of nitrogen functional groups attached to an aromatic ring is 1. The zero-order valence-electron chi connectivity index (χ0n) is 10.6. The van der Waals surface area contributed by atoms with Gasteiger partial charge in [0.05, 0.1) is 0 Å². The van der Waals surface area contributed by atoms with Crippen molar-refractivity contribution in [2.24, 2.45) is 0 Å². The van der Waals surface area contributed by atoms with Gasteiger partial charge in [0.1, 0.15) is 12.9 Å². The zero-order valence-corrected chi connectivity index (χ0v) is 10.6. The van der Waals surface area contributed by atoms with E-state index in [2.05, 4.69) is 15.4 Å². The number of hydrogen-bond donors (Lipinski definition) is 2. The first-order valence-corrected chi connectivity index (χ1v) is 6.01. The van der Waals surface area contributed by atoms with Gasteiger partial charge in [-0.3, -0.25) is 4.79 Å². The van der Waals surface area contributed by atoms with E-state index in [1.807, 2.05) is 18.2 Å². The molecule has 0 saturated carbocycles. The summed E-state index contributed by atoms with van der Waals surface area (Å²) in [5.41, 5.74) is 6.30. The fourth-order valence-electron chi connectivity index (χ4n) is 1.84. The standard InChI is InChI=1S/C12H13N5O3/c13-12-15-6-17(16-12)5-11(18)14-4-8-1-2-9-10(3-8)20-7-19-9/h1-3,6H,4-5,7H2,(H2,13,16)(H,14,18). The molecule has 8 nitrogen and oxygen atoms in total. The Morgan fingerprint density at radius 1 is 1.40 bits per heavy atom. The van der Waals surface area contributed by atoms with Crippen molar-refractivity contribution >= 4 is 11.9 Å². The molecule has 3 rings (SSSR count). The molecule has 1 aromatic heterocycles. The molecular formula is C12H13N5O3. The molecule has 0 atom stereocenters. The number of rotatable bonds is 4. The number of nitrogens with zero attached hydrogens (tertiary/aromatic N) is 3. The maximum absolute atomic E-state index is 11.7.